The van der Waals surface area contributed by atoms with Crippen molar-refractivity contribution in [2.45, 2.75) is 90.1 Å². The van der Waals surface area contributed by atoms with Crippen molar-refractivity contribution in [3.05, 3.63) is 22.3 Å². The zero-order chi connectivity index (χ0) is 23.3. The van der Waals surface area contributed by atoms with Gasteiger partial charge in [0.2, 0.25) is 0 Å². The molecule has 1 aliphatic carbocycles. The summed E-state index contributed by atoms with van der Waals surface area (Å²) in [5.74, 6) is 0.591. The van der Waals surface area contributed by atoms with Crippen LogP contribution >= 0.6 is 0 Å². The Morgan fingerprint density at radius 1 is 1.09 bits per heavy atom. The molecule has 4 aliphatic rings. The second-order valence-corrected chi connectivity index (χ2v) is 10.8. The number of esters is 2. The molecule has 0 radical (unpaired) electrons. The van der Waals surface area contributed by atoms with Gasteiger partial charge < -0.3 is 24.1 Å². The second kappa shape index (κ2) is 6.40. The highest BCUT2D eigenvalue weighted by Gasteiger charge is 2.71. The minimum absolute atomic E-state index is 0.0560. The number of rotatable bonds is 2. The van der Waals surface area contributed by atoms with Crippen molar-refractivity contribution in [2.24, 2.45) is 11.3 Å². The van der Waals surface area contributed by atoms with Crippen molar-refractivity contribution in [3.63, 3.8) is 0 Å². The fourth-order valence-electron chi connectivity index (χ4n) is 7.22. The molecule has 1 saturated carbocycles. The lowest BCUT2D eigenvalue weighted by Crippen LogP contribution is -2.74. The molecule has 0 bridgehead atoms. The Bertz CT molecular complexity index is 1040. The summed E-state index contributed by atoms with van der Waals surface area (Å²) in [6.07, 6.45) is 2.66. The van der Waals surface area contributed by atoms with E-state index < -0.39 is 22.2 Å². The van der Waals surface area contributed by atoms with E-state index in [0.29, 0.717) is 43.4 Å². The van der Waals surface area contributed by atoms with E-state index in [1.54, 1.807) is 21.0 Å². The van der Waals surface area contributed by atoms with Crippen molar-refractivity contribution in [1.82, 2.24) is 0 Å². The predicted octanol–water partition coefficient (Wildman–Crippen LogP) is 3.63. The molecule has 3 aliphatic heterocycles. The van der Waals surface area contributed by atoms with Gasteiger partial charge in [0, 0.05) is 28.9 Å². The molecule has 4 atom stereocenters. The SMILES string of the molecule is COc1c2c(c(C)c3c1C(=O)OC3)O[C@@]1(C)CC[C@@]3(C(C)(C)O)OC(=O)CC[C@]3(C)[C@H]1C2. The van der Waals surface area contributed by atoms with Crippen LogP contribution in [-0.4, -0.2) is 41.0 Å². The average Bonchev–Trinajstić information content (AvgIpc) is 3.10. The minimum Gasteiger partial charge on any atom is -0.495 e. The molecule has 1 aromatic carbocycles. The molecule has 0 aromatic heterocycles. The molecule has 0 unspecified atom stereocenters. The first kappa shape index (κ1) is 21.6. The molecule has 1 saturated heterocycles. The Morgan fingerprint density at radius 2 is 1.81 bits per heavy atom. The van der Waals surface area contributed by atoms with Gasteiger partial charge in [-0.15, -0.1) is 0 Å². The van der Waals surface area contributed by atoms with Crippen LogP contribution in [0, 0.1) is 18.3 Å². The van der Waals surface area contributed by atoms with Crippen LogP contribution in [0.4, 0.5) is 0 Å². The van der Waals surface area contributed by atoms with Gasteiger partial charge in [0.1, 0.15) is 34.9 Å². The molecular weight excluding hydrogens is 412 g/mol. The van der Waals surface area contributed by atoms with Crippen LogP contribution in [0.1, 0.15) is 80.4 Å². The van der Waals surface area contributed by atoms with Crippen LogP contribution < -0.4 is 9.47 Å². The Hall–Kier alpha value is -2.28. The number of methoxy groups -OCH3 is 1. The zero-order valence-electron chi connectivity index (χ0n) is 19.7. The fourth-order valence-corrected chi connectivity index (χ4v) is 7.22. The number of carbonyl (C=O) groups is 2. The second-order valence-electron chi connectivity index (χ2n) is 10.8. The monoisotopic (exact) mass is 444 g/mol. The molecular formula is C25H32O7. The Balaban J connectivity index is 1.71. The first-order chi connectivity index (χ1) is 14.9. The number of carbonyl (C=O) groups excluding carboxylic acids is 2. The van der Waals surface area contributed by atoms with E-state index in [0.717, 1.165) is 22.4 Å². The maximum atomic E-state index is 12.5. The summed E-state index contributed by atoms with van der Waals surface area (Å²) in [7, 11) is 1.57. The predicted molar refractivity (Wildman–Crippen MR) is 115 cm³/mol. The smallest absolute Gasteiger partial charge is 0.342 e. The summed E-state index contributed by atoms with van der Waals surface area (Å²) in [6, 6.07) is 0. The number of hydrogen-bond acceptors (Lipinski definition) is 7. The lowest BCUT2D eigenvalue weighted by molar-refractivity contribution is -0.289. The average molecular weight is 445 g/mol. The molecule has 0 spiro atoms. The third-order valence-electron chi connectivity index (χ3n) is 8.90. The maximum Gasteiger partial charge on any atom is 0.342 e. The molecule has 7 nitrogen and oxygen atoms in total. The highest BCUT2D eigenvalue weighted by atomic mass is 16.6. The summed E-state index contributed by atoms with van der Waals surface area (Å²) in [4.78, 5) is 24.9. The van der Waals surface area contributed by atoms with E-state index in [1.165, 1.54) is 0 Å². The van der Waals surface area contributed by atoms with Crippen LogP contribution in [-0.2, 0) is 27.3 Å². The van der Waals surface area contributed by atoms with E-state index >= 15 is 0 Å². The lowest BCUT2D eigenvalue weighted by atomic mass is 9.46. The first-order valence-electron chi connectivity index (χ1n) is 11.4. The summed E-state index contributed by atoms with van der Waals surface area (Å²) in [5.41, 5.74) is -0.182. The summed E-state index contributed by atoms with van der Waals surface area (Å²) in [6.45, 7) is 9.90. The highest BCUT2D eigenvalue weighted by molar-refractivity contribution is 5.98. The first-order valence-corrected chi connectivity index (χ1v) is 11.4. The number of benzene rings is 1. The molecule has 32 heavy (non-hydrogen) atoms. The summed E-state index contributed by atoms with van der Waals surface area (Å²) >= 11 is 0. The fraction of sp³-hybridized carbons (Fsp3) is 0.680. The molecule has 3 heterocycles. The number of ether oxygens (including phenoxy) is 4. The number of aliphatic hydroxyl groups is 1. The lowest BCUT2D eigenvalue weighted by Gasteiger charge is -2.66. The number of hydrogen-bond donors (Lipinski definition) is 1. The zero-order valence-corrected chi connectivity index (χ0v) is 19.7. The van der Waals surface area contributed by atoms with Crippen LogP contribution in [0.25, 0.3) is 0 Å². The van der Waals surface area contributed by atoms with Crippen molar-refractivity contribution >= 4 is 11.9 Å². The van der Waals surface area contributed by atoms with Gasteiger partial charge >= 0.3 is 11.9 Å². The van der Waals surface area contributed by atoms with Gasteiger partial charge in [0.25, 0.3) is 0 Å². The van der Waals surface area contributed by atoms with E-state index in [4.69, 9.17) is 18.9 Å². The van der Waals surface area contributed by atoms with E-state index in [2.05, 4.69) is 13.8 Å². The maximum absolute atomic E-state index is 12.5. The van der Waals surface area contributed by atoms with Crippen molar-refractivity contribution in [1.29, 1.82) is 0 Å². The molecule has 0 amide bonds. The Morgan fingerprint density at radius 3 is 2.47 bits per heavy atom. The highest BCUT2D eigenvalue weighted by Crippen LogP contribution is 2.65. The van der Waals surface area contributed by atoms with Gasteiger partial charge in [0.05, 0.1) is 12.7 Å². The number of cyclic esters (lactones) is 1. The largest absolute Gasteiger partial charge is 0.495 e. The third kappa shape index (κ3) is 2.46. The van der Waals surface area contributed by atoms with E-state index in [1.807, 2.05) is 6.92 Å². The van der Waals surface area contributed by atoms with Crippen molar-refractivity contribution < 1.29 is 33.6 Å². The van der Waals surface area contributed by atoms with Gasteiger partial charge in [-0.2, -0.15) is 0 Å². The van der Waals surface area contributed by atoms with Gasteiger partial charge in [0.15, 0.2) is 0 Å². The molecule has 174 valence electrons. The molecule has 1 N–H and O–H groups in total. The summed E-state index contributed by atoms with van der Waals surface area (Å²) in [5, 5.41) is 11.3. The van der Waals surface area contributed by atoms with Crippen molar-refractivity contribution in [2.75, 3.05) is 7.11 Å². The van der Waals surface area contributed by atoms with Crippen LogP contribution in [0.2, 0.25) is 0 Å². The third-order valence-corrected chi connectivity index (χ3v) is 8.90. The van der Waals surface area contributed by atoms with E-state index in [9.17, 15) is 14.7 Å². The van der Waals surface area contributed by atoms with Gasteiger partial charge in [-0.1, -0.05) is 6.92 Å². The molecule has 1 aromatic rings. The topological polar surface area (TPSA) is 91.3 Å². The molecule has 2 fully saturated rings. The van der Waals surface area contributed by atoms with Gasteiger partial charge in [-0.3, -0.25) is 4.79 Å². The molecule has 5 rings (SSSR count). The van der Waals surface area contributed by atoms with Crippen LogP contribution in [0.15, 0.2) is 0 Å². The minimum atomic E-state index is -1.22. The Kier molecular flexibility index (Phi) is 4.31. The normalized spacial score (nSPS) is 35.5. The van der Waals surface area contributed by atoms with Crippen molar-refractivity contribution in [3.8, 4) is 11.5 Å². The van der Waals surface area contributed by atoms with E-state index in [-0.39, 0.29) is 24.5 Å². The van der Waals surface area contributed by atoms with Crippen LogP contribution in [0.3, 0.4) is 0 Å². The Labute approximate surface area is 188 Å². The van der Waals surface area contributed by atoms with Gasteiger partial charge in [-0.05, 0) is 58.9 Å². The quantitative estimate of drug-likeness (QED) is 0.697. The number of fused-ring (bicyclic) bond motifs is 5. The summed E-state index contributed by atoms with van der Waals surface area (Å²) < 4.78 is 23.9. The van der Waals surface area contributed by atoms with Crippen LogP contribution in [0.5, 0.6) is 11.5 Å². The van der Waals surface area contributed by atoms with Gasteiger partial charge in [-0.25, -0.2) is 4.79 Å². The molecule has 7 heteroatoms. The standard InChI is InChI=1S/C25H32O7/c1-13-15-12-30-21(27)18(15)20(29-6)14-11-16-23(4)8-7-17(26)31-25(23,22(2,3)28)10-9-24(16,5)32-19(13)14/h16,28H,7-12H2,1-6H3/t16-,23-,24+,25+/m1/s1.